The average molecular weight is 302 g/mol. The van der Waals surface area contributed by atoms with Crippen molar-refractivity contribution in [1.29, 1.82) is 0 Å². The second kappa shape index (κ2) is 5.21. The van der Waals surface area contributed by atoms with Crippen LogP contribution in [0.1, 0.15) is 61.2 Å². The first-order valence-electron chi connectivity index (χ1n) is 8.05. The number of anilines is 1. The zero-order valence-corrected chi connectivity index (χ0v) is 13.3. The highest BCUT2D eigenvalue weighted by molar-refractivity contribution is 7.19. The third kappa shape index (κ3) is 2.23. The molecule has 2 aliphatic carbocycles. The van der Waals surface area contributed by atoms with Gasteiger partial charge < -0.3 is 5.43 Å². The summed E-state index contributed by atoms with van der Waals surface area (Å²) >= 11 is 1.85. The van der Waals surface area contributed by atoms with Gasteiger partial charge >= 0.3 is 0 Å². The minimum atomic E-state index is 0.509. The molecule has 0 atom stereocenters. The van der Waals surface area contributed by atoms with E-state index in [1.165, 1.54) is 54.4 Å². The smallest absolute Gasteiger partial charge is 0.152 e. The Hall–Kier alpha value is -1.20. The van der Waals surface area contributed by atoms with Crippen LogP contribution in [0.4, 0.5) is 5.82 Å². The monoisotopic (exact) mass is 302 g/mol. The molecule has 112 valence electrons. The van der Waals surface area contributed by atoms with E-state index in [4.69, 9.17) is 15.8 Å². The van der Waals surface area contributed by atoms with Gasteiger partial charge in [-0.3, -0.25) is 0 Å². The zero-order valence-electron chi connectivity index (χ0n) is 12.5. The van der Waals surface area contributed by atoms with E-state index in [9.17, 15) is 0 Å². The third-order valence-corrected chi connectivity index (χ3v) is 6.29. The number of hydrogen-bond donors (Lipinski definition) is 2. The van der Waals surface area contributed by atoms with E-state index in [0.29, 0.717) is 5.92 Å². The Kier molecular flexibility index (Phi) is 3.34. The van der Waals surface area contributed by atoms with Gasteiger partial charge in [0, 0.05) is 10.8 Å². The first-order valence-corrected chi connectivity index (χ1v) is 8.86. The fourth-order valence-corrected chi connectivity index (χ4v) is 5.09. The van der Waals surface area contributed by atoms with Gasteiger partial charge in [0.1, 0.15) is 10.7 Å². The second-order valence-corrected chi connectivity index (χ2v) is 7.65. The minimum absolute atomic E-state index is 0.509. The molecule has 2 heterocycles. The fourth-order valence-electron chi connectivity index (χ4n) is 3.82. The number of nitrogens with zero attached hydrogens (tertiary/aromatic N) is 2. The molecule has 0 bridgehead atoms. The first-order chi connectivity index (χ1) is 10.3. The van der Waals surface area contributed by atoms with E-state index in [1.54, 1.807) is 0 Å². The van der Waals surface area contributed by atoms with Crippen LogP contribution < -0.4 is 11.3 Å². The molecule has 1 saturated carbocycles. The van der Waals surface area contributed by atoms with Gasteiger partial charge in [-0.25, -0.2) is 15.8 Å². The number of rotatable bonds is 2. The molecule has 4 rings (SSSR count). The van der Waals surface area contributed by atoms with Crippen molar-refractivity contribution in [2.24, 2.45) is 11.8 Å². The number of nitrogen functional groups attached to an aromatic ring is 1. The number of aryl methyl sites for hydroxylation is 2. The van der Waals surface area contributed by atoms with Crippen molar-refractivity contribution < 1.29 is 0 Å². The Bertz CT molecular complexity index is 670. The maximum absolute atomic E-state index is 5.75. The number of fused-ring (bicyclic) bond motifs is 3. The van der Waals surface area contributed by atoms with E-state index in [0.717, 1.165) is 28.8 Å². The van der Waals surface area contributed by atoms with Crippen molar-refractivity contribution >= 4 is 27.4 Å². The molecule has 2 aliphatic rings. The second-order valence-electron chi connectivity index (χ2n) is 6.57. The quantitative estimate of drug-likeness (QED) is 0.655. The zero-order chi connectivity index (χ0) is 14.4. The normalized spacial score (nSPS) is 25.2. The van der Waals surface area contributed by atoms with E-state index >= 15 is 0 Å². The molecule has 0 aliphatic heterocycles. The van der Waals surface area contributed by atoms with Crippen LogP contribution in [0.3, 0.4) is 0 Å². The van der Waals surface area contributed by atoms with Gasteiger partial charge in [-0.2, -0.15) is 0 Å². The van der Waals surface area contributed by atoms with Gasteiger partial charge in [0.25, 0.3) is 0 Å². The lowest BCUT2D eigenvalue weighted by molar-refractivity contribution is 0.340. The van der Waals surface area contributed by atoms with Crippen LogP contribution in [-0.4, -0.2) is 9.97 Å². The molecule has 5 heteroatoms. The summed E-state index contributed by atoms with van der Waals surface area (Å²) in [5, 5.41) is 1.18. The Morgan fingerprint density at radius 1 is 1.14 bits per heavy atom. The minimum Gasteiger partial charge on any atom is -0.308 e. The fraction of sp³-hybridized carbons (Fsp3) is 0.625. The van der Waals surface area contributed by atoms with Gasteiger partial charge in [0.15, 0.2) is 5.82 Å². The standard InChI is InChI=1S/C16H22N4S/c1-9-5-7-10(8-6-9)14-18-15(20-17)13-11-3-2-4-12(11)21-16(13)19-14/h9-10H,2-8,17H2,1H3,(H,18,19,20). The van der Waals surface area contributed by atoms with Gasteiger partial charge in [0.05, 0.1) is 5.39 Å². The molecule has 1 fully saturated rings. The molecular formula is C16H22N4S. The lowest BCUT2D eigenvalue weighted by Crippen LogP contribution is -2.16. The molecule has 2 aromatic heterocycles. The summed E-state index contributed by atoms with van der Waals surface area (Å²) in [7, 11) is 0. The Morgan fingerprint density at radius 2 is 1.95 bits per heavy atom. The van der Waals surface area contributed by atoms with Crippen LogP contribution in [-0.2, 0) is 12.8 Å². The molecule has 3 N–H and O–H groups in total. The number of nitrogens with two attached hydrogens (primary N) is 1. The predicted molar refractivity (Wildman–Crippen MR) is 87.6 cm³/mol. The van der Waals surface area contributed by atoms with Crippen molar-refractivity contribution in [2.75, 3.05) is 5.43 Å². The summed E-state index contributed by atoms with van der Waals surface area (Å²) in [5.41, 5.74) is 4.27. The molecule has 0 spiro atoms. The van der Waals surface area contributed by atoms with Crippen LogP contribution in [0.2, 0.25) is 0 Å². The highest BCUT2D eigenvalue weighted by Gasteiger charge is 2.26. The lowest BCUT2D eigenvalue weighted by atomic mass is 9.82. The largest absolute Gasteiger partial charge is 0.308 e. The molecule has 21 heavy (non-hydrogen) atoms. The molecule has 0 aromatic carbocycles. The predicted octanol–water partition coefficient (Wildman–Crippen LogP) is 3.76. The number of nitrogens with one attached hydrogen (secondary N) is 1. The maximum Gasteiger partial charge on any atom is 0.152 e. The Labute approximate surface area is 129 Å². The Balaban J connectivity index is 1.78. The van der Waals surface area contributed by atoms with Crippen molar-refractivity contribution in [3.63, 3.8) is 0 Å². The van der Waals surface area contributed by atoms with E-state index in [2.05, 4.69) is 12.3 Å². The number of hydrogen-bond acceptors (Lipinski definition) is 5. The Morgan fingerprint density at radius 3 is 2.71 bits per heavy atom. The molecule has 0 radical (unpaired) electrons. The summed E-state index contributed by atoms with van der Waals surface area (Å²) in [6.07, 6.45) is 8.59. The number of thiophene rings is 1. The van der Waals surface area contributed by atoms with Crippen LogP contribution in [0.15, 0.2) is 0 Å². The van der Waals surface area contributed by atoms with Crippen molar-refractivity contribution in [2.45, 2.75) is 57.8 Å². The van der Waals surface area contributed by atoms with Crippen LogP contribution in [0, 0.1) is 5.92 Å². The molecule has 2 aromatic rings. The van der Waals surface area contributed by atoms with Gasteiger partial charge in [-0.1, -0.05) is 19.8 Å². The molecule has 0 amide bonds. The van der Waals surface area contributed by atoms with E-state index < -0.39 is 0 Å². The summed E-state index contributed by atoms with van der Waals surface area (Å²) in [6, 6.07) is 0. The maximum atomic E-state index is 5.75. The summed E-state index contributed by atoms with van der Waals surface area (Å²) in [5.74, 6) is 8.96. The van der Waals surface area contributed by atoms with E-state index in [-0.39, 0.29) is 0 Å². The van der Waals surface area contributed by atoms with Gasteiger partial charge in [-0.15, -0.1) is 11.3 Å². The molecule has 0 unspecified atom stereocenters. The van der Waals surface area contributed by atoms with Crippen molar-refractivity contribution in [1.82, 2.24) is 9.97 Å². The topological polar surface area (TPSA) is 63.8 Å². The summed E-state index contributed by atoms with van der Waals surface area (Å²) in [6.45, 7) is 2.34. The van der Waals surface area contributed by atoms with Crippen LogP contribution in [0.5, 0.6) is 0 Å². The SMILES string of the molecule is CC1CCC(c2nc(NN)c3c4c(sc3n2)CCC4)CC1. The summed E-state index contributed by atoms with van der Waals surface area (Å²) in [4.78, 5) is 12.3. The summed E-state index contributed by atoms with van der Waals surface area (Å²) < 4.78 is 0. The van der Waals surface area contributed by atoms with Crippen LogP contribution >= 0.6 is 11.3 Å². The van der Waals surface area contributed by atoms with Crippen molar-refractivity contribution in [3.8, 4) is 0 Å². The number of aromatic nitrogens is 2. The molecule has 0 saturated heterocycles. The molecular weight excluding hydrogens is 280 g/mol. The highest BCUT2D eigenvalue weighted by atomic mass is 32.1. The van der Waals surface area contributed by atoms with Crippen molar-refractivity contribution in [3.05, 3.63) is 16.3 Å². The average Bonchev–Trinajstić information content (AvgIpc) is 3.07. The van der Waals surface area contributed by atoms with Gasteiger partial charge in [-0.05, 0) is 43.6 Å². The molecule has 4 nitrogen and oxygen atoms in total. The van der Waals surface area contributed by atoms with Crippen LogP contribution in [0.25, 0.3) is 10.2 Å². The van der Waals surface area contributed by atoms with E-state index in [1.807, 2.05) is 11.3 Å². The number of hydrazine groups is 1. The first kappa shape index (κ1) is 13.5. The highest BCUT2D eigenvalue weighted by Crippen LogP contribution is 2.41. The third-order valence-electron chi connectivity index (χ3n) is 5.10. The van der Waals surface area contributed by atoms with Gasteiger partial charge in [0.2, 0.25) is 0 Å². The lowest BCUT2D eigenvalue weighted by Gasteiger charge is -2.25.